The molecule has 0 fully saturated rings. The highest BCUT2D eigenvalue weighted by Gasteiger charge is 2.37. The average Bonchev–Trinajstić information content (AvgIpc) is 2.76. The number of esters is 1. The minimum atomic E-state index is -1.92. The number of rotatable bonds is 3. The first-order valence-corrected chi connectivity index (χ1v) is 10.0. The van der Waals surface area contributed by atoms with Gasteiger partial charge in [-0.3, -0.25) is 0 Å². The van der Waals surface area contributed by atoms with Gasteiger partial charge < -0.3 is 14.2 Å². The van der Waals surface area contributed by atoms with Gasteiger partial charge in [0.25, 0.3) is 0 Å². The van der Waals surface area contributed by atoms with Gasteiger partial charge in [-0.05, 0) is 0 Å². The quantitative estimate of drug-likeness (QED) is 0.488. The molecule has 4 nitrogen and oxygen atoms in total. The van der Waals surface area contributed by atoms with Crippen LogP contribution in [0, 0.1) is 0 Å². The topological polar surface area (TPSA) is 44.8 Å². The van der Waals surface area contributed by atoms with Crippen molar-refractivity contribution in [2.24, 2.45) is 0 Å². The smallest absolute Gasteiger partial charge is 0.333 e. The van der Waals surface area contributed by atoms with Crippen molar-refractivity contribution in [2.45, 2.75) is 25.9 Å². The van der Waals surface area contributed by atoms with Crippen LogP contribution in [-0.4, -0.2) is 28.3 Å². The summed E-state index contributed by atoms with van der Waals surface area (Å²) < 4.78 is 16.2. The lowest BCUT2D eigenvalue weighted by atomic mass is 10.1. The maximum Gasteiger partial charge on any atom is 0.333 e. The summed E-state index contributed by atoms with van der Waals surface area (Å²) in [5.41, 5.74) is 1.87. The largest absolute Gasteiger partial charge is 0.466 e. The van der Waals surface area contributed by atoms with Crippen LogP contribution >= 0.6 is 0 Å². The fourth-order valence-electron chi connectivity index (χ4n) is 2.35. The first-order valence-electron chi connectivity index (χ1n) is 6.52. The Morgan fingerprint density at radius 2 is 1.85 bits per heavy atom. The van der Waals surface area contributed by atoms with Crippen LogP contribution in [0.25, 0.3) is 5.76 Å². The molecule has 108 valence electrons. The molecule has 1 aromatic carbocycles. The summed E-state index contributed by atoms with van der Waals surface area (Å²) in [6.45, 7) is 6.29. The van der Waals surface area contributed by atoms with E-state index in [4.69, 9.17) is 14.2 Å². The monoisotopic (exact) mass is 292 g/mol. The zero-order chi connectivity index (χ0) is 14.9. The Hall–Kier alpha value is -1.59. The van der Waals surface area contributed by atoms with E-state index in [0.717, 1.165) is 11.1 Å². The normalized spacial score (nSPS) is 20.1. The van der Waals surface area contributed by atoms with Crippen LogP contribution < -0.4 is 0 Å². The van der Waals surface area contributed by atoms with Gasteiger partial charge in [0.05, 0.1) is 20.4 Å². The third-order valence-electron chi connectivity index (χ3n) is 3.26. The molecule has 0 saturated heterocycles. The van der Waals surface area contributed by atoms with E-state index < -0.39 is 14.4 Å². The molecule has 0 aromatic heterocycles. The lowest BCUT2D eigenvalue weighted by Crippen LogP contribution is -2.31. The molecule has 2 rings (SSSR count). The summed E-state index contributed by atoms with van der Waals surface area (Å²) in [6.07, 6.45) is -0.461. The van der Waals surface area contributed by atoms with E-state index in [1.165, 1.54) is 7.11 Å². The van der Waals surface area contributed by atoms with Gasteiger partial charge in [0.1, 0.15) is 5.76 Å². The molecule has 0 N–H and O–H groups in total. The van der Waals surface area contributed by atoms with E-state index in [-0.39, 0.29) is 5.97 Å². The standard InChI is InChI=1S/C15H20O4Si/c1-17-14(16)13(20(3,4)5)12-10-8-6-7-9-11(10)15(18-2)19-12/h6-9,15H,1-5H3/b13-12+. The number of ether oxygens (including phenoxy) is 3. The Labute approximate surface area is 120 Å². The van der Waals surface area contributed by atoms with Crippen molar-refractivity contribution < 1.29 is 19.0 Å². The molecule has 0 bridgehead atoms. The Bertz CT molecular complexity index is 557. The van der Waals surface area contributed by atoms with E-state index in [9.17, 15) is 4.79 Å². The van der Waals surface area contributed by atoms with Crippen LogP contribution in [0.15, 0.2) is 29.5 Å². The highest BCUT2D eigenvalue weighted by atomic mass is 28.3. The second kappa shape index (κ2) is 5.42. The molecule has 1 unspecified atom stereocenters. The molecule has 0 saturated carbocycles. The predicted octanol–water partition coefficient (Wildman–Crippen LogP) is 3.12. The average molecular weight is 292 g/mol. The lowest BCUT2D eigenvalue weighted by molar-refractivity contribution is -0.135. The SMILES string of the molecule is COC(=O)/C(=C1\OC(OC)c2ccccc21)[Si](C)(C)C. The van der Waals surface area contributed by atoms with Gasteiger partial charge in [-0.2, -0.15) is 0 Å². The van der Waals surface area contributed by atoms with Crippen molar-refractivity contribution in [3.63, 3.8) is 0 Å². The minimum absolute atomic E-state index is 0.314. The molecule has 1 aromatic rings. The summed E-state index contributed by atoms with van der Waals surface area (Å²) in [6, 6.07) is 7.77. The molecular weight excluding hydrogens is 272 g/mol. The molecule has 1 aliphatic rings. The Kier molecular flexibility index (Phi) is 4.01. The van der Waals surface area contributed by atoms with E-state index >= 15 is 0 Å². The fraction of sp³-hybridized carbons (Fsp3) is 0.400. The van der Waals surface area contributed by atoms with Crippen LogP contribution in [0.2, 0.25) is 19.6 Å². The summed E-state index contributed by atoms with van der Waals surface area (Å²) in [4.78, 5) is 12.2. The highest BCUT2D eigenvalue weighted by molar-refractivity contribution is 6.88. The van der Waals surface area contributed by atoms with Gasteiger partial charge >= 0.3 is 5.97 Å². The Morgan fingerprint density at radius 3 is 2.40 bits per heavy atom. The third-order valence-corrected chi connectivity index (χ3v) is 5.20. The van der Waals surface area contributed by atoms with Crippen LogP contribution in [-0.2, 0) is 19.0 Å². The number of methoxy groups -OCH3 is 2. The molecular formula is C15H20O4Si. The first kappa shape index (κ1) is 14.8. The second-order valence-electron chi connectivity index (χ2n) is 5.72. The molecule has 0 radical (unpaired) electrons. The summed E-state index contributed by atoms with van der Waals surface area (Å²) in [5, 5.41) is 0.659. The van der Waals surface area contributed by atoms with Crippen LogP contribution in [0.5, 0.6) is 0 Å². The third kappa shape index (κ3) is 2.51. The van der Waals surface area contributed by atoms with Crippen LogP contribution in [0.4, 0.5) is 0 Å². The zero-order valence-electron chi connectivity index (χ0n) is 12.5. The van der Waals surface area contributed by atoms with E-state index in [2.05, 4.69) is 19.6 Å². The molecule has 0 spiro atoms. The molecule has 20 heavy (non-hydrogen) atoms. The second-order valence-corrected chi connectivity index (χ2v) is 10.7. The maximum absolute atomic E-state index is 12.2. The first-order chi connectivity index (χ1) is 9.40. The van der Waals surface area contributed by atoms with Gasteiger partial charge in [-0.15, -0.1) is 0 Å². The molecule has 0 aliphatic carbocycles. The van der Waals surface area contributed by atoms with Gasteiger partial charge in [-0.1, -0.05) is 43.9 Å². The Balaban J connectivity index is 2.66. The van der Waals surface area contributed by atoms with Crippen molar-refractivity contribution in [3.8, 4) is 0 Å². The molecule has 0 amide bonds. The number of carbonyl (C=O) groups excluding carboxylic acids is 1. The number of hydrogen-bond donors (Lipinski definition) is 0. The van der Waals surface area contributed by atoms with E-state index in [1.54, 1.807) is 7.11 Å². The zero-order valence-corrected chi connectivity index (χ0v) is 13.5. The predicted molar refractivity (Wildman–Crippen MR) is 79.6 cm³/mol. The van der Waals surface area contributed by atoms with Crippen molar-refractivity contribution in [1.82, 2.24) is 0 Å². The number of fused-ring (bicyclic) bond motifs is 1. The van der Waals surface area contributed by atoms with E-state index in [0.29, 0.717) is 11.0 Å². The number of carbonyl (C=O) groups is 1. The van der Waals surface area contributed by atoms with Gasteiger partial charge in [0.15, 0.2) is 0 Å². The maximum atomic E-state index is 12.2. The van der Waals surface area contributed by atoms with Crippen LogP contribution in [0.3, 0.4) is 0 Å². The summed E-state index contributed by atoms with van der Waals surface area (Å²) in [7, 11) is 1.07. The van der Waals surface area contributed by atoms with Crippen molar-refractivity contribution in [3.05, 3.63) is 40.6 Å². The molecule has 1 heterocycles. The van der Waals surface area contributed by atoms with Crippen molar-refractivity contribution in [2.75, 3.05) is 14.2 Å². The fourth-order valence-corrected chi connectivity index (χ4v) is 3.94. The minimum Gasteiger partial charge on any atom is -0.466 e. The highest BCUT2D eigenvalue weighted by Crippen LogP contribution is 2.42. The molecule has 1 atom stereocenters. The number of hydrogen-bond acceptors (Lipinski definition) is 4. The lowest BCUT2D eigenvalue weighted by Gasteiger charge is -2.21. The van der Waals surface area contributed by atoms with Gasteiger partial charge in [0, 0.05) is 18.2 Å². The van der Waals surface area contributed by atoms with Gasteiger partial charge in [-0.25, -0.2) is 4.79 Å². The molecule has 5 heteroatoms. The molecule has 1 aliphatic heterocycles. The van der Waals surface area contributed by atoms with Crippen molar-refractivity contribution in [1.29, 1.82) is 0 Å². The summed E-state index contributed by atoms with van der Waals surface area (Å²) in [5.74, 6) is 0.296. The Morgan fingerprint density at radius 1 is 1.20 bits per heavy atom. The van der Waals surface area contributed by atoms with E-state index in [1.807, 2.05) is 24.3 Å². The van der Waals surface area contributed by atoms with Crippen molar-refractivity contribution >= 4 is 19.8 Å². The number of benzene rings is 1. The summed E-state index contributed by atoms with van der Waals surface area (Å²) >= 11 is 0. The van der Waals surface area contributed by atoms with Gasteiger partial charge in [0.2, 0.25) is 6.29 Å². The van der Waals surface area contributed by atoms with Crippen LogP contribution in [0.1, 0.15) is 17.4 Å².